The van der Waals surface area contributed by atoms with Gasteiger partial charge in [-0.1, -0.05) is 19.1 Å². The van der Waals surface area contributed by atoms with Crippen molar-refractivity contribution in [3.8, 4) is 0 Å². The van der Waals surface area contributed by atoms with Crippen molar-refractivity contribution >= 4 is 35.6 Å². The predicted molar refractivity (Wildman–Crippen MR) is 108 cm³/mol. The van der Waals surface area contributed by atoms with Gasteiger partial charge in [-0.25, -0.2) is 0 Å². The summed E-state index contributed by atoms with van der Waals surface area (Å²) in [5, 5.41) is 6.72. The predicted octanol–water partition coefficient (Wildman–Crippen LogP) is 2.60. The smallest absolute Gasteiger partial charge is 0.191 e. The first kappa shape index (κ1) is 20.0. The zero-order valence-corrected chi connectivity index (χ0v) is 16.7. The summed E-state index contributed by atoms with van der Waals surface area (Å²) in [7, 11) is 1.80. The third-order valence-electron chi connectivity index (χ3n) is 3.99. The number of benzene rings is 1. The lowest BCUT2D eigenvalue weighted by Gasteiger charge is -2.29. The molecule has 1 unspecified atom stereocenters. The number of rotatable bonds is 5. The average Bonchev–Trinajstić information content (AvgIpc) is 2.59. The SMILES string of the molecule is CCC(C)NC(=NC)NCc1ccc(N2CCOCC2)cc1.I. The molecule has 0 spiro atoms. The van der Waals surface area contributed by atoms with Crippen molar-refractivity contribution in [2.45, 2.75) is 32.9 Å². The van der Waals surface area contributed by atoms with Crippen LogP contribution in [0.15, 0.2) is 29.3 Å². The van der Waals surface area contributed by atoms with Gasteiger partial charge in [-0.05, 0) is 31.0 Å². The molecule has 1 heterocycles. The number of hydrogen-bond donors (Lipinski definition) is 2. The molecule has 0 bridgehead atoms. The zero-order valence-electron chi connectivity index (χ0n) is 14.3. The Balaban J connectivity index is 0.00000264. The Kier molecular flexibility index (Phi) is 9.31. The molecule has 1 aromatic carbocycles. The Bertz CT molecular complexity index is 472. The minimum absolute atomic E-state index is 0. The van der Waals surface area contributed by atoms with E-state index in [1.54, 1.807) is 7.05 Å². The molecule has 2 rings (SSSR count). The maximum Gasteiger partial charge on any atom is 0.191 e. The van der Waals surface area contributed by atoms with Crippen molar-refractivity contribution in [1.82, 2.24) is 10.6 Å². The molecule has 0 radical (unpaired) electrons. The van der Waals surface area contributed by atoms with E-state index >= 15 is 0 Å². The Hall–Kier alpha value is -1.02. The van der Waals surface area contributed by atoms with Gasteiger partial charge in [-0.15, -0.1) is 24.0 Å². The lowest BCUT2D eigenvalue weighted by molar-refractivity contribution is 0.122. The summed E-state index contributed by atoms with van der Waals surface area (Å²) in [4.78, 5) is 6.62. The van der Waals surface area contributed by atoms with Crippen LogP contribution >= 0.6 is 24.0 Å². The molecule has 1 aliphatic heterocycles. The van der Waals surface area contributed by atoms with Crippen molar-refractivity contribution in [2.75, 3.05) is 38.3 Å². The van der Waals surface area contributed by atoms with Crippen LogP contribution in [-0.2, 0) is 11.3 Å². The van der Waals surface area contributed by atoms with Crippen molar-refractivity contribution < 1.29 is 4.74 Å². The van der Waals surface area contributed by atoms with E-state index < -0.39 is 0 Å². The second-order valence-electron chi connectivity index (χ2n) is 5.65. The van der Waals surface area contributed by atoms with Crippen LogP contribution in [-0.4, -0.2) is 45.4 Å². The fraction of sp³-hybridized carbons (Fsp3) is 0.588. The average molecular weight is 432 g/mol. The number of aliphatic imine (C=N–C) groups is 1. The number of halogens is 1. The highest BCUT2D eigenvalue weighted by Gasteiger charge is 2.10. The molecule has 1 saturated heterocycles. The van der Waals surface area contributed by atoms with E-state index in [4.69, 9.17) is 4.74 Å². The minimum atomic E-state index is 0. The Morgan fingerprint density at radius 3 is 2.48 bits per heavy atom. The summed E-state index contributed by atoms with van der Waals surface area (Å²) in [5.41, 5.74) is 2.53. The standard InChI is InChI=1S/C17H28N4O.HI/c1-4-14(2)20-17(18-3)19-13-15-5-7-16(8-6-15)21-9-11-22-12-10-21;/h5-8,14H,4,9-13H2,1-3H3,(H2,18,19,20);1H. The van der Waals surface area contributed by atoms with Gasteiger partial charge in [0.15, 0.2) is 5.96 Å². The Morgan fingerprint density at radius 2 is 1.91 bits per heavy atom. The van der Waals surface area contributed by atoms with Gasteiger partial charge in [0, 0.05) is 38.4 Å². The first-order valence-electron chi connectivity index (χ1n) is 8.11. The van der Waals surface area contributed by atoms with Gasteiger partial charge in [0.2, 0.25) is 0 Å². The van der Waals surface area contributed by atoms with E-state index in [0.717, 1.165) is 45.2 Å². The van der Waals surface area contributed by atoms with Crippen molar-refractivity contribution in [3.05, 3.63) is 29.8 Å². The molecule has 6 heteroatoms. The lowest BCUT2D eigenvalue weighted by atomic mass is 10.2. The third-order valence-corrected chi connectivity index (χ3v) is 3.99. The van der Waals surface area contributed by atoms with E-state index in [1.807, 2.05) is 0 Å². The van der Waals surface area contributed by atoms with Gasteiger partial charge < -0.3 is 20.3 Å². The van der Waals surface area contributed by atoms with Gasteiger partial charge in [-0.3, -0.25) is 4.99 Å². The monoisotopic (exact) mass is 432 g/mol. The maximum atomic E-state index is 5.39. The van der Waals surface area contributed by atoms with Crippen LogP contribution in [0.25, 0.3) is 0 Å². The molecule has 1 atom stereocenters. The number of morpholine rings is 1. The highest BCUT2D eigenvalue weighted by molar-refractivity contribution is 14.0. The molecule has 23 heavy (non-hydrogen) atoms. The molecule has 1 fully saturated rings. The zero-order chi connectivity index (χ0) is 15.8. The number of nitrogens with zero attached hydrogens (tertiary/aromatic N) is 2. The molecule has 0 amide bonds. The molecule has 5 nitrogen and oxygen atoms in total. The first-order chi connectivity index (χ1) is 10.7. The quantitative estimate of drug-likeness (QED) is 0.427. The summed E-state index contributed by atoms with van der Waals surface area (Å²) >= 11 is 0. The van der Waals surface area contributed by atoms with Crippen molar-refractivity contribution in [3.63, 3.8) is 0 Å². The molecule has 1 aromatic rings. The summed E-state index contributed by atoms with van der Waals surface area (Å²) in [6.07, 6.45) is 1.08. The highest BCUT2D eigenvalue weighted by Crippen LogP contribution is 2.16. The van der Waals surface area contributed by atoms with Gasteiger partial charge in [0.05, 0.1) is 13.2 Å². The van der Waals surface area contributed by atoms with Crippen LogP contribution in [0.4, 0.5) is 5.69 Å². The van der Waals surface area contributed by atoms with Gasteiger partial charge in [0.25, 0.3) is 0 Å². The molecular formula is C17H29IN4O. The molecule has 0 saturated carbocycles. The molecular weight excluding hydrogens is 403 g/mol. The first-order valence-corrected chi connectivity index (χ1v) is 8.11. The Morgan fingerprint density at radius 1 is 1.26 bits per heavy atom. The largest absolute Gasteiger partial charge is 0.378 e. The lowest BCUT2D eigenvalue weighted by Crippen LogP contribution is -2.41. The van der Waals surface area contributed by atoms with Gasteiger partial charge >= 0.3 is 0 Å². The van der Waals surface area contributed by atoms with Crippen LogP contribution in [0.1, 0.15) is 25.8 Å². The topological polar surface area (TPSA) is 48.9 Å². The number of anilines is 1. The van der Waals surface area contributed by atoms with Crippen LogP contribution in [0.5, 0.6) is 0 Å². The third kappa shape index (κ3) is 6.55. The summed E-state index contributed by atoms with van der Waals surface area (Å²) < 4.78 is 5.39. The molecule has 130 valence electrons. The van der Waals surface area contributed by atoms with E-state index in [1.165, 1.54) is 11.3 Å². The highest BCUT2D eigenvalue weighted by atomic mass is 127. The summed E-state index contributed by atoms with van der Waals surface area (Å²) in [6, 6.07) is 9.15. The molecule has 1 aliphatic rings. The minimum Gasteiger partial charge on any atom is -0.378 e. The summed E-state index contributed by atoms with van der Waals surface area (Å²) in [6.45, 7) is 8.69. The number of guanidine groups is 1. The van der Waals surface area contributed by atoms with E-state index in [-0.39, 0.29) is 24.0 Å². The second kappa shape index (κ2) is 10.7. The van der Waals surface area contributed by atoms with Crippen LogP contribution in [0.2, 0.25) is 0 Å². The normalized spacial score (nSPS) is 16.5. The number of ether oxygens (including phenoxy) is 1. The molecule has 2 N–H and O–H groups in total. The van der Waals surface area contributed by atoms with Gasteiger partial charge in [0.1, 0.15) is 0 Å². The maximum absolute atomic E-state index is 5.39. The van der Waals surface area contributed by atoms with Crippen molar-refractivity contribution in [1.29, 1.82) is 0 Å². The molecule has 0 aliphatic carbocycles. The van der Waals surface area contributed by atoms with Crippen LogP contribution in [0.3, 0.4) is 0 Å². The van der Waals surface area contributed by atoms with Gasteiger partial charge in [-0.2, -0.15) is 0 Å². The van der Waals surface area contributed by atoms with E-state index in [0.29, 0.717) is 6.04 Å². The molecule has 0 aromatic heterocycles. The summed E-state index contributed by atoms with van der Waals surface area (Å²) in [5.74, 6) is 0.853. The fourth-order valence-corrected chi connectivity index (χ4v) is 2.36. The van der Waals surface area contributed by atoms with E-state index in [9.17, 15) is 0 Å². The number of nitrogens with one attached hydrogen (secondary N) is 2. The Labute approximate surface area is 156 Å². The van der Waals surface area contributed by atoms with Crippen LogP contribution in [0, 0.1) is 0 Å². The number of hydrogen-bond acceptors (Lipinski definition) is 3. The van der Waals surface area contributed by atoms with E-state index in [2.05, 4.69) is 58.6 Å². The fourth-order valence-electron chi connectivity index (χ4n) is 2.36. The van der Waals surface area contributed by atoms with Crippen molar-refractivity contribution in [2.24, 2.45) is 4.99 Å². The van der Waals surface area contributed by atoms with Crippen LogP contribution < -0.4 is 15.5 Å². The second-order valence-corrected chi connectivity index (χ2v) is 5.65.